The average Bonchev–Trinajstić information content (AvgIpc) is 2.78. The maximum atomic E-state index is 12.2. The van der Waals surface area contributed by atoms with Crippen molar-refractivity contribution in [2.45, 2.75) is 0 Å². The summed E-state index contributed by atoms with van der Waals surface area (Å²) in [5.41, 5.74) is 1.23. The number of para-hydroxylation sites is 2. The van der Waals surface area contributed by atoms with Crippen LogP contribution < -0.4 is 9.05 Å². The number of carbonyl (C=O) groups is 1. The van der Waals surface area contributed by atoms with Crippen LogP contribution in [0.25, 0.3) is 6.08 Å². The first-order valence-corrected chi connectivity index (χ1v) is 10.1. The molecule has 0 saturated carbocycles. The van der Waals surface area contributed by atoms with Crippen molar-refractivity contribution in [1.82, 2.24) is 0 Å². The van der Waals surface area contributed by atoms with Gasteiger partial charge in [-0.15, -0.1) is 0 Å². The highest BCUT2D eigenvalue weighted by Crippen LogP contribution is 2.41. The van der Waals surface area contributed by atoms with E-state index in [-0.39, 0.29) is 6.61 Å². The van der Waals surface area contributed by atoms with Gasteiger partial charge in [-0.25, -0.2) is 4.79 Å². The maximum Gasteiger partial charge on any atom is 0.463 e. The van der Waals surface area contributed by atoms with Gasteiger partial charge in [0.2, 0.25) is 0 Å². The number of hydrogen-bond donors (Lipinski definition) is 0. The van der Waals surface area contributed by atoms with E-state index in [9.17, 15) is 4.79 Å². The summed E-state index contributed by atoms with van der Waals surface area (Å²) in [5, 5.41) is 0. The summed E-state index contributed by atoms with van der Waals surface area (Å²) in [6.45, 7) is -0.0209. The first-order valence-electron chi connectivity index (χ1n) is 8.97. The zero-order valence-corrected chi connectivity index (χ0v) is 16.8. The molecule has 0 fully saturated rings. The number of hydrogen-bond acceptors (Lipinski definition) is 5. The molecule has 0 aromatic heterocycles. The van der Waals surface area contributed by atoms with Crippen LogP contribution in [-0.4, -0.2) is 19.7 Å². The van der Waals surface area contributed by atoms with E-state index in [1.54, 1.807) is 6.08 Å². The fourth-order valence-corrected chi connectivity index (χ4v) is 3.34. The van der Waals surface area contributed by atoms with Gasteiger partial charge in [0.05, 0.1) is 19.3 Å². The van der Waals surface area contributed by atoms with Crippen molar-refractivity contribution in [3.63, 3.8) is 0 Å². The molecule has 0 radical (unpaired) electrons. The molecule has 0 amide bonds. The topological polar surface area (TPSA) is 54.0 Å². The first kappa shape index (κ1) is 20.6. The monoisotopic (exact) mass is 408 g/mol. The first-order chi connectivity index (χ1) is 14.2. The molecule has 3 aromatic rings. The summed E-state index contributed by atoms with van der Waals surface area (Å²) >= 11 is 0. The lowest BCUT2D eigenvalue weighted by molar-refractivity contribution is -0.136. The summed E-state index contributed by atoms with van der Waals surface area (Å²) in [6, 6.07) is 28.0. The Bertz CT molecular complexity index is 872. The summed E-state index contributed by atoms with van der Waals surface area (Å²) < 4.78 is 22.5. The molecule has 0 aliphatic carbocycles. The number of rotatable bonds is 9. The third-order valence-corrected chi connectivity index (χ3v) is 4.82. The molecule has 0 N–H and O–H groups in total. The molecule has 0 bridgehead atoms. The van der Waals surface area contributed by atoms with Gasteiger partial charge in [-0.2, -0.15) is 0 Å². The number of methoxy groups -OCH3 is 1. The van der Waals surface area contributed by atoms with Gasteiger partial charge in [0.15, 0.2) is 0 Å². The third-order valence-electron chi connectivity index (χ3n) is 3.76. The molecule has 0 saturated heterocycles. The van der Waals surface area contributed by atoms with Crippen LogP contribution in [0.15, 0.2) is 96.6 Å². The van der Waals surface area contributed by atoms with Gasteiger partial charge in [0, 0.05) is 0 Å². The van der Waals surface area contributed by atoms with Crippen LogP contribution in [0.3, 0.4) is 0 Å². The molecule has 5 nitrogen and oxygen atoms in total. The molecular formula is C23H21O5P. The highest BCUT2D eigenvalue weighted by atomic mass is 31.2. The Kier molecular flexibility index (Phi) is 7.81. The Labute approximate surface area is 171 Å². The van der Waals surface area contributed by atoms with E-state index >= 15 is 0 Å². The van der Waals surface area contributed by atoms with E-state index in [0.29, 0.717) is 17.1 Å². The number of carbonyl (C=O) groups excluding carboxylic acids is 1. The third kappa shape index (κ3) is 6.75. The van der Waals surface area contributed by atoms with Crippen molar-refractivity contribution in [3.05, 3.63) is 102 Å². The molecule has 0 atom stereocenters. The van der Waals surface area contributed by atoms with Gasteiger partial charge in [-0.05, 0) is 35.9 Å². The number of esters is 1. The van der Waals surface area contributed by atoms with Gasteiger partial charge in [0.25, 0.3) is 0 Å². The second kappa shape index (κ2) is 11.0. The maximum absolute atomic E-state index is 12.2. The smallest absolute Gasteiger partial charge is 0.463 e. The van der Waals surface area contributed by atoms with E-state index in [4.69, 9.17) is 18.3 Å². The van der Waals surface area contributed by atoms with E-state index in [1.165, 1.54) is 7.11 Å². The van der Waals surface area contributed by atoms with E-state index in [1.807, 2.05) is 91.0 Å². The van der Waals surface area contributed by atoms with Gasteiger partial charge in [-0.3, -0.25) is 4.52 Å². The Balaban J connectivity index is 1.75. The molecule has 3 aromatic carbocycles. The van der Waals surface area contributed by atoms with Crippen LogP contribution in [0.5, 0.6) is 11.5 Å². The molecular weight excluding hydrogens is 387 g/mol. The fourth-order valence-electron chi connectivity index (χ4n) is 2.37. The predicted molar refractivity (Wildman–Crippen MR) is 113 cm³/mol. The van der Waals surface area contributed by atoms with E-state index in [0.717, 1.165) is 5.56 Å². The van der Waals surface area contributed by atoms with Crippen LogP contribution in [-0.2, 0) is 14.1 Å². The molecule has 0 heterocycles. The Hall–Kier alpha value is -3.14. The van der Waals surface area contributed by atoms with Crippen LogP contribution in [0.2, 0.25) is 0 Å². The minimum Gasteiger partial charge on any atom is -0.466 e. The largest absolute Gasteiger partial charge is 0.466 e. The van der Waals surface area contributed by atoms with Gasteiger partial charge in [-0.1, -0.05) is 66.7 Å². The molecule has 0 aliphatic rings. The van der Waals surface area contributed by atoms with Crippen LogP contribution in [0, 0.1) is 0 Å². The van der Waals surface area contributed by atoms with Crippen LogP contribution in [0.4, 0.5) is 0 Å². The molecule has 0 aliphatic heterocycles. The van der Waals surface area contributed by atoms with Crippen molar-refractivity contribution in [1.29, 1.82) is 0 Å². The lowest BCUT2D eigenvalue weighted by Crippen LogP contribution is -2.11. The zero-order chi connectivity index (χ0) is 20.3. The van der Waals surface area contributed by atoms with Crippen molar-refractivity contribution < 1.29 is 23.1 Å². The molecule has 29 heavy (non-hydrogen) atoms. The molecule has 6 heteroatoms. The minimum atomic E-state index is -1.80. The number of benzene rings is 3. The summed E-state index contributed by atoms with van der Waals surface area (Å²) in [4.78, 5) is 12.2. The Morgan fingerprint density at radius 3 is 1.76 bits per heavy atom. The van der Waals surface area contributed by atoms with E-state index in [2.05, 4.69) is 0 Å². The molecule has 0 unspecified atom stereocenters. The van der Waals surface area contributed by atoms with Crippen molar-refractivity contribution in [2.24, 2.45) is 0 Å². The highest BCUT2D eigenvalue weighted by molar-refractivity contribution is 7.42. The Morgan fingerprint density at radius 2 is 1.28 bits per heavy atom. The fraction of sp³-hybridized carbons (Fsp3) is 0.0870. The highest BCUT2D eigenvalue weighted by Gasteiger charge is 2.20. The van der Waals surface area contributed by atoms with Crippen LogP contribution >= 0.6 is 8.60 Å². The quantitative estimate of drug-likeness (QED) is 0.260. The lowest BCUT2D eigenvalue weighted by atomic mass is 10.1. The van der Waals surface area contributed by atoms with Crippen molar-refractivity contribution >= 4 is 20.6 Å². The SMILES string of the molecule is COC(=O)/C(=C\c1ccccc1)COP(Oc1ccccc1)Oc1ccccc1. The van der Waals surface area contributed by atoms with Gasteiger partial charge < -0.3 is 13.8 Å². The van der Waals surface area contributed by atoms with Gasteiger partial charge in [0.1, 0.15) is 11.5 Å². The normalized spacial score (nSPS) is 11.2. The minimum absolute atomic E-state index is 0.0209. The second-order valence-corrected chi connectivity index (χ2v) is 6.95. The predicted octanol–water partition coefficient (Wildman–Crippen LogP) is 5.64. The summed E-state index contributed by atoms with van der Waals surface area (Å²) in [5.74, 6) is 0.755. The van der Waals surface area contributed by atoms with Gasteiger partial charge >= 0.3 is 14.6 Å². The molecule has 148 valence electrons. The second-order valence-electron chi connectivity index (χ2n) is 5.88. The average molecular weight is 408 g/mol. The molecule has 0 spiro atoms. The van der Waals surface area contributed by atoms with Crippen LogP contribution in [0.1, 0.15) is 5.56 Å². The zero-order valence-electron chi connectivity index (χ0n) is 15.9. The van der Waals surface area contributed by atoms with E-state index < -0.39 is 14.6 Å². The summed E-state index contributed by atoms with van der Waals surface area (Å²) in [7, 11) is -0.461. The van der Waals surface area contributed by atoms with Crippen molar-refractivity contribution in [3.8, 4) is 11.5 Å². The number of ether oxygens (including phenoxy) is 1. The molecule has 3 rings (SSSR count). The Morgan fingerprint density at radius 1 is 0.793 bits per heavy atom. The standard InChI is InChI=1S/C23H21O5P/c1-25-23(24)20(17-19-11-5-2-6-12-19)18-26-29(27-21-13-7-3-8-14-21)28-22-15-9-4-10-16-22/h2-17H,18H2,1H3/b20-17-. The lowest BCUT2D eigenvalue weighted by Gasteiger charge is -2.18. The summed E-state index contributed by atoms with van der Waals surface area (Å²) in [6.07, 6.45) is 1.73. The van der Waals surface area contributed by atoms with Crippen molar-refractivity contribution in [2.75, 3.05) is 13.7 Å².